The summed E-state index contributed by atoms with van der Waals surface area (Å²) in [6, 6.07) is 3.81. The first-order valence-corrected chi connectivity index (χ1v) is 4.00. The molecule has 0 fully saturated rings. The van der Waals surface area contributed by atoms with Gasteiger partial charge in [0.05, 0.1) is 11.0 Å². The molecule has 8 nitrogen and oxygen atoms in total. The molecule has 2 rings (SSSR count). The number of fused-ring (bicyclic) bond motifs is 1. The van der Waals surface area contributed by atoms with Crippen molar-refractivity contribution in [3.05, 3.63) is 39.1 Å². The first-order chi connectivity index (χ1) is 7.08. The average Bonchev–Trinajstić information content (AvgIpc) is 2.16. The summed E-state index contributed by atoms with van der Waals surface area (Å²) in [5.41, 5.74) is 0.374. The van der Waals surface area contributed by atoms with E-state index in [1.165, 1.54) is 12.1 Å². The highest BCUT2D eigenvalue weighted by Gasteiger charge is 2.23. The molecule has 15 heavy (non-hydrogen) atoms. The minimum Gasteiger partial charge on any atom is -0.691 e. The summed E-state index contributed by atoms with van der Waals surface area (Å²) in [4.78, 5) is 10.00. The first kappa shape index (κ1) is 9.34. The van der Waals surface area contributed by atoms with E-state index in [9.17, 15) is 15.3 Å². The van der Waals surface area contributed by atoms with Gasteiger partial charge >= 0.3 is 0 Å². The van der Waals surface area contributed by atoms with Gasteiger partial charge < -0.3 is 5.21 Å². The van der Waals surface area contributed by atoms with Gasteiger partial charge in [0.15, 0.2) is 12.2 Å². The summed E-state index contributed by atoms with van der Waals surface area (Å²) in [6.45, 7) is 0.0338. The summed E-state index contributed by atoms with van der Waals surface area (Å²) in [6.07, 6.45) is 0. The number of rotatable bonds is 1. The lowest BCUT2D eigenvalue weighted by molar-refractivity contribution is -0.489. The topological polar surface area (TPSA) is 105 Å². The van der Waals surface area contributed by atoms with Gasteiger partial charge in [-0.2, -0.15) is 5.21 Å². The number of benzene rings is 1. The number of non-ortho nitro benzene ring substituents is 1. The Morgan fingerprint density at radius 2 is 2.33 bits per heavy atom. The molecule has 1 heterocycles. The molecule has 1 aliphatic rings. The highest BCUT2D eigenvalue weighted by atomic mass is 16.6. The second-order valence-electron chi connectivity index (χ2n) is 2.96. The highest BCUT2D eigenvalue weighted by Crippen LogP contribution is 2.28. The third-order valence-electron chi connectivity index (χ3n) is 1.98. The van der Waals surface area contributed by atoms with Crippen LogP contribution in [0.5, 0.6) is 0 Å². The van der Waals surface area contributed by atoms with Crippen LogP contribution in [0.15, 0.2) is 23.4 Å². The number of nitrogens with zero attached hydrogens (tertiary/aromatic N) is 4. The van der Waals surface area contributed by atoms with Gasteiger partial charge in [-0.05, 0) is 11.2 Å². The van der Waals surface area contributed by atoms with Gasteiger partial charge in [-0.25, -0.2) is 0 Å². The van der Waals surface area contributed by atoms with Gasteiger partial charge in [-0.3, -0.25) is 10.1 Å². The molecular formula is C7H6N4O4. The van der Waals surface area contributed by atoms with Gasteiger partial charge in [0.25, 0.3) is 5.69 Å². The van der Waals surface area contributed by atoms with E-state index < -0.39 is 4.92 Å². The van der Waals surface area contributed by atoms with E-state index in [4.69, 9.17) is 5.21 Å². The Hall–Kier alpha value is -2.22. The first-order valence-electron chi connectivity index (χ1n) is 4.00. The summed E-state index contributed by atoms with van der Waals surface area (Å²) < 4.78 is 0. The Morgan fingerprint density at radius 1 is 1.60 bits per heavy atom. The Bertz CT molecular complexity index is 458. The lowest BCUT2D eigenvalue weighted by Gasteiger charge is -2.16. The van der Waals surface area contributed by atoms with Crippen LogP contribution < -0.4 is 0 Å². The van der Waals surface area contributed by atoms with E-state index in [1.54, 1.807) is 0 Å². The van der Waals surface area contributed by atoms with E-state index >= 15 is 0 Å². The fraction of sp³-hybridized carbons (Fsp3) is 0.143. The zero-order chi connectivity index (χ0) is 11.0. The highest BCUT2D eigenvalue weighted by molar-refractivity contribution is 5.49. The van der Waals surface area contributed by atoms with E-state index in [0.29, 0.717) is 10.7 Å². The molecule has 0 unspecified atom stereocenters. The Kier molecular flexibility index (Phi) is 1.97. The third kappa shape index (κ3) is 1.57. The Balaban J connectivity index is 2.52. The smallest absolute Gasteiger partial charge is 0.273 e. The molecule has 1 aliphatic heterocycles. The van der Waals surface area contributed by atoms with Gasteiger partial charge in [0, 0.05) is 11.6 Å². The summed E-state index contributed by atoms with van der Waals surface area (Å²) >= 11 is 0. The van der Waals surface area contributed by atoms with E-state index in [1.807, 2.05) is 0 Å². The van der Waals surface area contributed by atoms with Crippen molar-refractivity contribution in [3.8, 4) is 0 Å². The van der Waals surface area contributed by atoms with Crippen molar-refractivity contribution in [2.75, 3.05) is 0 Å². The van der Waals surface area contributed by atoms with E-state index in [-0.39, 0.29) is 22.8 Å². The minimum absolute atomic E-state index is 0.0338. The molecule has 0 amide bonds. The van der Waals surface area contributed by atoms with Crippen molar-refractivity contribution in [2.45, 2.75) is 6.54 Å². The second kappa shape index (κ2) is 3.17. The summed E-state index contributed by atoms with van der Waals surface area (Å²) in [5, 5.41) is 34.3. The van der Waals surface area contributed by atoms with Gasteiger partial charge in [0.1, 0.15) is 5.22 Å². The molecule has 78 valence electrons. The summed E-state index contributed by atoms with van der Waals surface area (Å²) in [7, 11) is 0. The molecule has 0 bridgehead atoms. The molecule has 1 aromatic carbocycles. The number of nitro benzene ring substituents is 1. The normalized spacial score (nSPS) is 14.5. The van der Waals surface area contributed by atoms with Gasteiger partial charge in [-0.1, -0.05) is 0 Å². The summed E-state index contributed by atoms with van der Waals surface area (Å²) in [5.74, 6) is 0. The zero-order valence-corrected chi connectivity index (χ0v) is 7.40. The van der Waals surface area contributed by atoms with Crippen LogP contribution in [-0.2, 0) is 6.54 Å². The van der Waals surface area contributed by atoms with Crippen molar-refractivity contribution in [1.29, 1.82) is 0 Å². The van der Waals surface area contributed by atoms with Crippen LogP contribution in [0.3, 0.4) is 0 Å². The minimum atomic E-state index is -0.598. The fourth-order valence-corrected chi connectivity index (χ4v) is 1.30. The van der Waals surface area contributed by atoms with Crippen molar-refractivity contribution in [2.24, 2.45) is 5.22 Å². The molecule has 0 aromatic heterocycles. The number of hydrogen-bond donors (Lipinski definition) is 1. The number of hydrogen-bond acceptors (Lipinski definition) is 6. The van der Waals surface area contributed by atoms with E-state index in [2.05, 4.69) is 5.22 Å². The lowest BCUT2D eigenvalue weighted by Crippen LogP contribution is -2.19. The predicted molar refractivity (Wildman–Crippen MR) is 46.1 cm³/mol. The standard InChI is InChI=1S/C7H6N4O4/c12-9-4-5-1-2-6(11(14)15)3-7(5)10(13)8-9/h1-3,12H,4H2. The predicted octanol–water partition coefficient (Wildman–Crippen LogP) is 1.31. The maximum Gasteiger partial charge on any atom is 0.273 e. The van der Waals surface area contributed by atoms with Crippen LogP contribution >= 0.6 is 0 Å². The maximum absolute atomic E-state index is 11.2. The van der Waals surface area contributed by atoms with Crippen molar-refractivity contribution >= 4 is 11.4 Å². The molecule has 0 atom stereocenters. The molecule has 8 heteroatoms. The van der Waals surface area contributed by atoms with Gasteiger partial charge in [0.2, 0.25) is 0 Å². The molecule has 0 spiro atoms. The molecule has 1 aromatic rings. The molecule has 1 N–H and O–H groups in total. The average molecular weight is 210 g/mol. The molecule has 0 radical (unpaired) electrons. The quantitative estimate of drug-likeness (QED) is 0.325. The number of nitro groups is 1. The van der Waals surface area contributed by atoms with Crippen LogP contribution in [-0.4, -0.2) is 20.2 Å². The van der Waals surface area contributed by atoms with Crippen LogP contribution in [0.2, 0.25) is 0 Å². The molecule has 0 saturated heterocycles. The fourth-order valence-electron chi connectivity index (χ4n) is 1.30. The van der Waals surface area contributed by atoms with Crippen molar-refractivity contribution < 1.29 is 15.0 Å². The van der Waals surface area contributed by atoms with Crippen LogP contribution in [0.25, 0.3) is 0 Å². The maximum atomic E-state index is 11.2. The molecular weight excluding hydrogens is 204 g/mol. The van der Waals surface area contributed by atoms with Crippen LogP contribution in [0, 0.1) is 15.3 Å². The SMILES string of the molecule is O=[N+]([O-])c1ccc2c(c1)[N+]([O-])=NN(O)C2. The number of hydroxylamine groups is 1. The van der Waals surface area contributed by atoms with Crippen molar-refractivity contribution in [1.82, 2.24) is 5.17 Å². The van der Waals surface area contributed by atoms with Crippen LogP contribution in [0.1, 0.15) is 5.56 Å². The van der Waals surface area contributed by atoms with Crippen LogP contribution in [0.4, 0.5) is 11.4 Å². The van der Waals surface area contributed by atoms with E-state index in [0.717, 1.165) is 6.07 Å². The second-order valence-corrected chi connectivity index (χ2v) is 2.96. The lowest BCUT2D eigenvalue weighted by atomic mass is 10.1. The largest absolute Gasteiger partial charge is 0.691 e. The third-order valence-corrected chi connectivity index (χ3v) is 1.98. The zero-order valence-electron chi connectivity index (χ0n) is 7.40. The van der Waals surface area contributed by atoms with Gasteiger partial charge in [-0.15, -0.1) is 4.86 Å². The van der Waals surface area contributed by atoms with Crippen molar-refractivity contribution in [3.63, 3.8) is 0 Å². The molecule has 0 aliphatic carbocycles. The Morgan fingerprint density at radius 3 is 3.00 bits per heavy atom. The molecule has 0 saturated carbocycles. The Labute approximate surface area is 83.3 Å². The monoisotopic (exact) mass is 210 g/mol.